The summed E-state index contributed by atoms with van der Waals surface area (Å²) in [4.78, 5) is 73.0. The van der Waals surface area contributed by atoms with Gasteiger partial charge >= 0.3 is 17.9 Å². The van der Waals surface area contributed by atoms with E-state index in [4.69, 9.17) is 9.47 Å². The first-order valence-corrected chi connectivity index (χ1v) is 14.8. The van der Waals surface area contributed by atoms with Crippen LogP contribution in [0.25, 0.3) is 11.0 Å². The Morgan fingerprint density at radius 2 is 1.76 bits per heavy atom. The number of fused-ring (bicyclic) bond motifs is 1. The normalized spacial score (nSPS) is 12.2. The van der Waals surface area contributed by atoms with Crippen LogP contribution in [-0.4, -0.2) is 83.5 Å². The standard InChI is InChI=1S/C32H42N6O8/c1-32(2,3)30(43)46-20-38-28(41)26-23(35-31(38)33-19-36(4)5)16-18-37(26)17-8-9-21-10-12-22(13-11-21)27(40)34-24(29(42)45-7)14-15-25(39)44-6/h10-13,16,18-19,24H,8-9,14-15,17,20H2,1-7H3,(H,34,40)/b33-19+/t24-/m0/s1. The Morgan fingerprint density at radius 1 is 1.07 bits per heavy atom. The molecule has 0 fully saturated rings. The van der Waals surface area contributed by atoms with Gasteiger partial charge in [0.05, 0.1) is 31.5 Å². The molecule has 0 aliphatic carbocycles. The van der Waals surface area contributed by atoms with Crippen LogP contribution < -0.4 is 10.9 Å². The summed E-state index contributed by atoms with van der Waals surface area (Å²) in [7, 11) is 6.04. The second-order valence-corrected chi connectivity index (χ2v) is 11.9. The second kappa shape index (κ2) is 15.8. The third-order valence-corrected chi connectivity index (χ3v) is 6.93. The molecule has 3 rings (SSSR count). The number of nitrogens with one attached hydrogen (secondary N) is 1. The van der Waals surface area contributed by atoms with Crippen molar-refractivity contribution < 1.29 is 33.4 Å². The number of aliphatic imine (C=N–C) groups is 1. The van der Waals surface area contributed by atoms with Gasteiger partial charge < -0.3 is 29.0 Å². The predicted molar refractivity (Wildman–Crippen MR) is 171 cm³/mol. The molecule has 2 heterocycles. The molecule has 1 N–H and O–H groups in total. The first-order valence-electron chi connectivity index (χ1n) is 14.8. The van der Waals surface area contributed by atoms with Gasteiger partial charge in [-0.1, -0.05) is 12.1 Å². The van der Waals surface area contributed by atoms with Crippen LogP contribution in [0.15, 0.2) is 46.3 Å². The second-order valence-electron chi connectivity index (χ2n) is 11.9. The van der Waals surface area contributed by atoms with E-state index in [2.05, 4.69) is 20.0 Å². The third kappa shape index (κ3) is 9.49. The molecule has 2 aromatic heterocycles. The van der Waals surface area contributed by atoms with E-state index < -0.39 is 35.3 Å². The van der Waals surface area contributed by atoms with Crippen molar-refractivity contribution in [3.05, 3.63) is 58.0 Å². The van der Waals surface area contributed by atoms with Gasteiger partial charge in [-0.25, -0.2) is 19.3 Å². The van der Waals surface area contributed by atoms with E-state index in [1.807, 2.05) is 16.7 Å². The smallest absolute Gasteiger partial charge is 0.328 e. The molecule has 1 atom stereocenters. The van der Waals surface area contributed by atoms with Crippen LogP contribution in [0.4, 0.5) is 5.95 Å². The first-order chi connectivity index (χ1) is 21.7. The molecular weight excluding hydrogens is 596 g/mol. The topological polar surface area (TPSA) is 163 Å². The number of carbonyl (C=O) groups excluding carboxylic acids is 4. The summed E-state index contributed by atoms with van der Waals surface area (Å²) in [5, 5.41) is 2.61. The van der Waals surface area contributed by atoms with E-state index in [0.717, 1.165) is 5.56 Å². The molecule has 0 aliphatic rings. The Bertz CT molecular complexity index is 1630. The molecule has 1 amide bonds. The molecule has 0 radical (unpaired) electrons. The van der Waals surface area contributed by atoms with Crippen LogP contribution in [0, 0.1) is 5.41 Å². The zero-order valence-corrected chi connectivity index (χ0v) is 27.4. The highest BCUT2D eigenvalue weighted by molar-refractivity contribution is 5.96. The molecule has 46 heavy (non-hydrogen) atoms. The van der Waals surface area contributed by atoms with Crippen LogP contribution in [-0.2, 0) is 48.3 Å². The fourth-order valence-electron chi connectivity index (χ4n) is 4.35. The molecule has 0 bridgehead atoms. The van der Waals surface area contributed by atoms with Crippen molar-refractivity contribution in [1.82, 2.24) is 24.3 Å². The average Bonchev–Trinajstić information content (AvgIpc) is 3.43. The average molecular weight is 639 g/mol. The van der Waals surface area contributed by atoms with Crippen LogP contribution in [0.1, 0.15) is 56.0 Å². The number of nitrogens with zero attached hydrogens (tertiary/aromatic N) is 5. The van der Waals surface area contributed by atoms with Gasteiger partial charge in [0.25, 0.3) is 11.5 Å². The van der Waals surface area contributed by atoms with Crippen molar-refractivity contribution in [1.29, 1.82) is 0 Å². The van der Waals surface area contributed by atoms with Gasteiger partial charge in [0.15, 0.2) is 6.73 Å². The van der Waals surface area contributed by atoms with Gasteiger partial charge in [-0.05, 0) is 63.8 Å². The lowest BCUT2D eigenvalue weighted by Gasteiger charge is -2.18. The lowest BCUT2D eigenvalue weighted by Crippen LogP contribution is -2.41. The summed E-state index contributed by atoms with van der Waals surface area (Å²) in [6.45, 7) is 5.37. The Hall–Kier alpha value is -5.01. The first kappa shape index (κ1) is 35.5. The summed E-state index contributed by atoms with van der Waals surface area (Å²) in [6, 6.07) is 7.70. The lowest BCUT2D eigenvalue weighted by atomic mass is 9.98. The largest absolute Gasteiger partial charge is 0.469 e. The molecule has 0 aliphatic heterocycles. The molecule has 14 heteroatoms. The summed E-state index contributed by atoms with van der Waals surface area (Å²) in [6.07, 6.45) is 4.63. The van der Waals surface area contributed by atoms with Gasteiger partial charge in [-0.15, -0.1) is 0 Å². The van der Waals surface area contributed by atoms with E-state index in [0.29, 0.717) is 36.0 Å². The van der Waals surface area contributed by atoms with Crippen molar-refractivity contribution >= 4 is 47.1 Å². The number of amides is 1. The number of hydrogen-bond donors (Lipinski definition) is 1. The number of benzene rings is 1. The van der Waals surface area contributed by atoms with Gasteiger partial charge in [0, 0.05) is 38.8 Å². The highest BCUT2D eigenvalue weighted by Crippen LogP contribution is 2.19. The summed E-state index contributed by atoms with van der Waals surface area (Å²) in [5.74, 6) is -1.96. The molecule has 3 aromatic rings. The van der Waals surface area contributed by atoms with Crippen molar-refractivity contribution in [3.63, 3.8) is 0 Å². The van der Waals surface area contributed by atoms with E-state index in [-0.39, 0.29) is 31.1 Å². The number of aromatic nitrogens is 3. The van der Waals surface area contributed by atoms with Gasteiger partial charge in [0.1, 0.15) is 11.6 Å². The molecule has 1 aromatic carbocycles. The van der Waals surface area contributed by atoms with E-state index in [9.17, 15) is 24.0 Å². The third-order valence-electron chi connectivity index (χ3n) is 6.93. The van der Waals surface area contributed by atoms with Gasteiger partial charge in [-0.3, -0.25) is 19.2 Å². The minimum absolute atomic E-state index is 0.0461. The Balaban J connectivity index is 1.71. The number of methoxy groups -OCH3 is 2. The molecule has 0 saturated heterocycles. The monoisotopic (exact) mass is 638 g/mol. The number of rotatable bonds is 14. The van der Waals surface area contributed by atoms with Gasteiger partial charge in [-0.2, -0.15) is 0 Å². The zero-order valence-electron chi connectivity index (χ0n) is 27.4. The highest BCUT2D eigenvalue weighted by Gasteiger charge is 2.25. The molecular formula is C32H42N6O8. The zero-order chi connectivity index (χ0) is 34.0. The molecule has 0 saturated carbocycles. The number of ether oxygens (including phenoxy) is 3. The van der Waals surface area contributed by atoms with Crippen LogP contribution in [0.3, 0.4) is 0 Å². The summed E-state index contributed by atoms with van der Waals surface area (Å²) < 4.78 is 17.8. The maximum Gasteiger partial charge on any atom is 0.328 e. The van der Waals surface area contributed by atoms with Crippen LogP contribution >= 0.6 is 0 Å². The van der Waals surface area contributed by atoms with Crippen molar-refractivity contribution in [2.75, 3.05) is 28.3 Å². The minimum Gasteiger partial charge on any atom is -0.469 e. The summed E-state index contributed by atoms with van der Waals surface area (Å²) in [5.41, 5.74) is 1.03. The van der Waals surface area contributed by atoms with Crippen LogP contribution in [0.2, 0.25) is 0 Å². The van der Waals surface area contributed by atoms with E-state index in [1.54, 1.807) is 64.2 Å². The minimum atomic E-state index is -0.992. The number of carbonyl (C=O) groups is 4. The number of esters is 3. The van der Waals surface area contributed by atoms with Crippen LogP contribution in [0.5, 0.6) is 0 Å². The number of aryl methyl sites for hydroxylation is 2. The molecule has 0 unspecified atom stereocenters. The Kier molecular flexibility index (Phi) is 12.2. The highest BCUT2D eigenvalue weighted by atomic mass is 16.5. The Morgan fingerprint density at radius 3 is 2.37 bits per heavy atom. The lowest BCUT2D eigenvalue weighted by molar-refractivity contribution is -0.157. The van der Waals surface area contributed by atoms with Crippen molar-refractivity contribution in [2.24, 2.45) is 10.4 Å². The Labute approximate surface area is 267 Å². The molecule has 248 valence electrons. The quantitative estimate of drug-likeness (QED) is 0.120. The SMILES string of the molecule is COC(=O)CC[C@H](NC(=O)c1ccc(CCCn2ccc3nc(/N=C/N(C)C)n(COC(=O)C(C)(C)C)c(=O)c32)cc1)C(=O)OC. The summed E-state index contributed by atoms with van der Waals surface area (Å²) >= 11 is 0. The van der Waals surface area contributed by atoms with Crippen molar-refractivity contribution in [3.8, 4) is 0 Å². The predicted octanol–water partition coefficient (Wildman–Crippen LogP) is 2.82. The van der Waals surface area contributed by atoms with E-state index >= 15 is 0 Å². The molecule has 14 nitrogen and oxygen atoms in total. The van der Waals surface area contributed by atoms with Gasteiger partial charge in [0.2, 0.25) is 5.95 Å². The van der Waals surface area contributed by atoms with Crippen molar-refractivity contribution in [2.45, 2.75) is 65.8 Å². The fourth-order valence-corrected chi connectivity index (χ4v) is 4.35. The maximum atomic E-state index is 13.6. The molecule has 0 spiro atoms. The maximum absolute atomic E-state index is 13.6. The fraction of sp³-hybridized carbons (Fsp3) is 0.469. The van der Waals surface area contributed by atoms with E-state index in [1.165, 1.54) is 25.1 Å². The number of hydrogen-bond acceptors (Lipinski definition) is 10.